The van der Waals surface area contributed by atoms with Crippen molar-refractivity contribution in [2.75, 3.05) is 4.90 Å². The molecule has 0 saturated carbocycles. The van der Waals surface area contributed by atoms with E-state index in [4.69, 9.17) is 17.4 Å². The number of nitrogens with two attached hydrogens (primary N) is 1. The summed E-state index contributed by atoms with van der Waals surface area (Å²) in [5, 5.41) is 5.09. The van der Waals surface area contributed by atoms with Crippen LogP contribution in [0, 0.1) is 6.92 Å². The molecular weight excluding hydrogens is 376 g/mol. The number of amides is 1. The molecule has 1 aliphatic heterocycles. The van der Waals surface area contributed by atoms with E-state index in [0.29, 0.717) is 14.9 Å². The summed E-state index contributed by atoms with van der Waals surface area (Å²) < 4.78 is 23.1. The maximum Gasteiger partial charge on any atom is 0.270 e. The molecule has 1 fully saturated rings. The maximum atomic E-state index is 12.7. The minimum absolute atomic E-state index is 0.0168. The van der Waals surface area contributed by atoms with Crippen LogP contribution in [0.25, 0.3) is 6.08 Å². The van der Waals surface area contributed by atoms with Crippen molar-refractivity contribution >= 4 is 56.0 Å². The van der Waals surface area contributed by atoms with Gasteiger partial charge in [0, 0.05) is 0 Å². The third-order valence-electron chi connectivity index (χ3n) is 3.59. The molecule has 8 heteroatoms. The van der Waals surface area contributed by atoms with Gasteiger partial charge in [-0.2, -0.15) is 0 Å². The summed E-state index contributed by atoms with van der Waals surface area (Å²) in [5.41, 5.74) is 2.55. The molecule has 1 amide bonds. The largest absolute Gasteiger partial charge is 0.270 e. The number of anilines is 1. The zero-order valence-electron chi connectivity index (χ0n) is 13.2. The zero-order chi connectivity index (χ0) is 18.2. The van der Waals surface area contributed by atoms with Gasteiger partial charge >= 0.3 is 0 Å². The van der Waals surface area contributed by atoms with Crippen LogP contribution in [-0.2, 0) is 14.8 Å². The molecule has 3 rings (SSSR count). The van der Waals surface area contributed by atoms with Gasteiger partial charge in [0.15, 0.2) is 4.32 Å². The normalized spacial score (nSPS) is 16.7. The first kappa shape index (κ1) is 17.8. The topological polar surface area (TPSA) is 80.5 Å². The summed E-state index contributed by atoms with van der Waals surface area (Å²) in [6.07, 6.45) is 1.79. The number of rotatable bonds is 3. The van der Waals surface area contributed by atoms with Crippen LogP contribution in [0.3, 0.4) is 0 Å². The number of thioether (sulfide) groups is 1. The van der Waals surface area contributed by atoms with E-state index in [1.807, 2.05) is 31.2 Å². The Morgan fingerprint density at radius 3 is 2.24 bits per heavy atom. The van der Waals surface area contributed by atoms with E-state index < -0.39 is 10.0 Å². The molecule has 0 unspecified atom stereocenters. The first-order valence-corrected chi connectivity index (χ1v) is 10.0. The van der Waals surface area contributed by atoms with Crippen molar-refractivity contribution < 1.29 is 13.2 Å². The van der Waals surface area contributed by atoms with Gasteiger partial charge in [0.2, 0.25) is 10.0 Å². The van der Waals surface area contributed by atoms with E-state index in [1.165, 1.54) is 40.9 Å². The number of benzene rings is 2. The molecule has 1 heterocycles. The van der Waals surface area contributed by atoms with Crippen LogP contribution in [0.15, 0.2) is 58.3 Å². The average molecular weight is 391 g/mol. The summed E-state index contributed by atoms with van der Waals surface area (Å²) in [7, 11) is -3.78. The monoisotopic (exact) mass is 390 g/mol. The summed E-state index contributed by atoms with van der Waals surface area (Å²) in [5.74, 6) is -0.237. The lowest BCUT2D eigenvalue weighted by atomic mass is 10.1. The Balaban J connectivity index is 1.90. The molecule has 0 bridgehead atoms. The third kappa shape index (κ3) is 3.82. The van der Waals surface area contributed by atoms with Gasteiger partial charge in [-0.25, -0.2) is 13.6 Å². The lowest BCUT2D eigenvalue weighted by Gasteiger charge is -2.14. The third-order valence-corrected chi connectivity index (χ3v) is 5.82. The Hall–Kier alpha value is -2.00. The quantitative estimate of drug-likeness (QED) is 0.644. The number of carbonyl (C=O) groups is 1. The van der Waals surface area contributed by atoms with E-state index in [9.17, 15) is 13.2 Å². The molecule has 2 aromatic carbocycles. The smallest absolute Gasteiger partial charge is 0.268 e. The molecule has 1 aliphatic rings. The summed E-state index contributed by atoms with van der Waals surface area (Å²) in [6, 6.07) is 13.5. The number of primary sulfonamides is 1. The SMILES string of the molecule is Cc1ccc(/C=C2\SC(=S)N(c3ccc(S(N)(=O)=O)cc3)C2=O)cc1. The number of hydrogen-bond donors (Lipinski definition) is 1. The minimum Gasteiger partial charge on any atom is -0.268 e. The predicted octanol–water partition coefficient (Wildman–Crippen LogP) is 3.05. The van der Waals surface area contributed by atoms with Crippen LogP contribution in [0.1, 0.15) is 11.1 Å². The number of aryl methyl sites for hydroxylation is 1. The van der Waals surface area contributed by atoms with Gasteiger partial charge in [-0.3, -0.25) is 9.69 Å². The molecule has 25 heavy (non-hydrogen) atoms. The molecule has 2 aromatic rings. The molecular formula is C17H14N2O3S3. The van der Waals surface area contributed by atoms with Crippen LogP contribution >= 0.6 is 24.0 Å². The van der Waals surface area contributed by atoms with Crippen LogP contribution in [0.2, 0.25) is 0 Å². The Bertz CT molecular complexity index is 979. The number of thiocarbonyl (C=S) groups is 1. The van der Waals surface area contributed by atoms with Gasteiger partial charge in [-0.05, 0) is 42.8 Å². The second-order valence-corrected chi connectivity index (χ2v) is 8.70. The van der Waals surface area contributed by atoms with Crippen molar-refractivity contribution in [3.63, 3.8) is 0 Å². The predicted molar refractivity (Wildman–Crippen MR) is 105 cm³/mol. The fourth-order valence-electron chi connectivity index (χ4n) is 2.29. The highest BCUT2D eigenvalue weighted by Gasteiger charge is 2.33. The summed E-state index contributed by atoms with van der Waals surface area (Å²) >= 11 is 6.52. The fraction of sp³-hybridized carbons (Fsp3) is 0.0588. The lowest BCUT2D eigenvalue weighted by molar-refractivity contribution is -0.113. The highest BCUT2D eigenvalue weighted by molar-refractivity contribution is 8.27. The van der Waals surface area contributed by atoms with E-state index in [1.54, 1.807) is 6.08 Å². The van der Waals surface area contributed by atoms with Gasteiger partial charge in [-0.1, -0.05) is 53.8 Å². The minimum atomic E-state index is -3.78. The summed E-state index contributed by atoms with van der Waals surface area (Å²) in [6.45, 7) is 1.99. The van der Waals surface area contributed by atoms with Crippen LogP contribution in [-0.4, -0.2) is 18.6 Å². The second kappa shape index (κ2) is 6.72. The van der Waals surface area contributed by atoms with E-state index in [-0.39, 0.29) is 10.8 Å². The summed E-state index contributed by atoms with van der Waals surface area (Å²) in [4.78, 5) is 14.6. The molecule has 5 nitrogen and oxygen atoms in total. The Kier molecular flexibility index (Phi) is 4.79. The Morgan fingerprint density at radius 1 is 1.08 bits per heavy atom. The standard InChI is InChI=1S/C17H14N2O3S3/c1-11-2-4-12(5-3-11)10-15-16(20)19(17(23)24-15)13-6-8-14(9-7-13)25(18,21)22/h2-10H,1H3,(H2,18,21,22)/b15-10-. The van der Waals surface area contributed by atoms with Crippen molar-refractivity contribution in [1.29, 1.82) is 0 Å². The van der Waals surface area contributed by atoms with Gasteiger partial charge in [0.05, 0.1) is 15.5 Å². The van der Waals surface area contributed by atoms with Crippen LogP contribution in [0.4, 0.5) is 5.69 Å². The number of hydrogen-bond acceptors (Lipinski definition) is 5. The molecule has 1 saturated heterocycles. The first-order valence-electron chi connectivity index (χ1n) is 7.23. The average Bonchev–Trinajstić information content (AvgIpc) is 2.83. The Morgan fingerprint density at radius 2 is 1.68 bits per heavy atom. The Labute approximate surface area is 155 Å². The fourth-order valence-corrected chi connectivity index (χ4v) is 4.10. The highest BCUT2D eigenvalue weighted by Crippen LogP contribution is 2.36. The molecule has 0 aliphatic carbocycles. The first-order chi connectivity index (χ1) is 11.8. The van der Waals surface area contributed by atoms with E-state index in [0.717, 1.165) is 11.1 Å². The van der Waals surface area contributed by atoms with E-state index in [2.05, 4.69) is 0 Å². The number of carbonyl (C=O) groups excluding carboxylic acids is 1. The lowest BCUT2D eigenvalue weighted by Crippen LogP contribution is -2.27. The molecule has 0 spiro atoms. The van der Waals surface area contributed by atoms with Crippen molar-refractivity contribution in [2.24, 2.45) is 5.14 Å². The molecule has 128 valence electrons. The highest BCUT2D eigenvalue weighted by atomic mass is 32.2. The van der Waals surface area contributed by atoms with Crippen molar-refractivity contribution in [2.45, 2.75) is 11.8 Å². The number of sulfonamides is 1. The van der Waals surface area contributed by atoms with Crippen LogP contribution in [0.5, 0.6) is 0 Å². The second-order valence-electron chi connectivity index (χ2n) is 5.47. The van der Waals surface area contributed by atoms with Crippen molar-refractivity contribution in [3.8, 4) is 0 Å². The van der Waals surface area contributed by atoms with Crippen molar-refractivity contribution in [1.82, 2.24) is 0 Å². The molecule has 0 radical (unpaired) electrons. The molecule has 0 atom stereocenters. The molecule has 0 aromatic heterocycles. The van der Waals surface area contributed by atoms with Gasteiger partial charge in [0.25, 0.3) is 5.91 Å². The van der Waals surface area contributed by atoms with Crippen LogP contribution < -0.4 is 10.0 Å². The van der Waals surface area contributed by atoms with Gasteiger partial charge in [-0.15, -0.1) is 0 Å². The van der Waals surface area contributed by atoms with Crippen molar-refractivity contribution in [3.05, 3.63) is 64.6 Å². The zero-order valence-corrected chi connectivity index (χ0v) is 15.6. The van der Waals surface area contributed by atoms with Gasteiger partial charge in [0.1, 0.15) is 0 Å². The maximum absolute atomic E-state index is 12.7. The molecule has 2 N–H and O–H groups in total. The van der Waals surface area contributed by atoms with Gasteiger partial charge < -0.3 is 0 Å². The number of nitrogens with zero attached hydrogens (tertiary/aromatic N) is 1. The van der Waals surface area contributed by atoms with E-state index >= 15 is 0 Å².